The summed E-state index contributed by atoms with van der Waals surface area (Å²) >= 11 is 0. The van der Waals surface area contributed by atoms with Gasteiger partial charge in [0.05, 0.1) is 0 Å². The predicted octanol–water partition coefficient (Wildman–Crippen LogP) is 2.16. The third kappa shape index (κ3) is 14.2. The molecule has 0 bridgehead atoms. The molecular weight excluding hydrogens is 382 g/mol. The summed E-state index contributed by atoms with van der Waals surface area (Å²) in [6.45, 7) is 12.1. The van der Waals surface area contributed by atoms with Crippen LogP contribution in [0.2, 0.25) is 0 Å². The van der Waals surface area contributed by atoms with E-state index in [2.05, 4.69) is 16.0 Å². The third-order valence-corrected chi connectivity index (χ3v) is 3.33. The lowest BCUT2D eigenvalue weighted by Crippen LogP contribution is -2.51. The molecule has 10 heteroatoms. The van der Waals surface area contributed by atoms with E-state index in [1.54, 1.807) is 41.5 Å². The van der Waals surface area contributed by atoms with Crippen LogP contribution in [0.15, 0.2) is 0 Å². The fourth-order valence-electron chi connectivity index (χ4n) is 2.08. The number of aliphatic carboxylic acids is 1. The smallest absolute Gasteiger partial charge is 0.408 e. The summed E-state index contributed by atoms with van der Waals surface area (Å²) in [7, 11) is 0. The van der Waals surface area contributed by atoms with Crippen LogP contribution in [-0.2, 0) is 19.1 Å². The van der Waals surface area contributed by atoms with Gasteiger partial charge < -0.3 is 30.5 Å². The number of amides is 3. The lowest BCUT2D eigenvalue weighted by molar-refractivity contribution is -0.142. The number of hydrogen-bond acceptors (Lipinski definition) is 6. The Kier molecular flexibility index (Phi) is 10.5. The van der Waals surface area contributed by atoms with E-state index in [-0.39, 0.29) is 6.42 Å². The van der Waals surface area contributed by atoms with Gasteiger partial charge >= 0.3 is 18.2 Å². The van der Waals surface area contributed by atoms with Gasteiger partial charge in [0.2, 0.25) is 5.91 Å². The number of carbonyl (C=O) groups excluding carboxylic acids is 3. The van der Waals surface area contributed by atoms with Crippen LogP contribution in [0, 0.1) is 0 Å². The van der Waals surface area contributed by atoms with Gasteiger partial charge in [-0.3, -0.25) is 4.79 Å². The maximum atomic E-state index is 12.2. The van der Waals surface area contributed by atoms with E-state index in [9.17, 15) is 24.3 Å². The van der Waals surface area contributed by atoms with E-state index in [1.165, 1.54) is 6.92 Å². The second kappa shape index (κ2) is 11.5. The summed E-state index contributed by atoms with van der Waals surface area (Å²) in [5.41, 5.74) is -1.30. The fraction of sp³-hybridized carbons (Fsp3) is 0.789. The number of alkyl carbamates (subject to hydrolysis) is 2. The summed E-state index contributed by atoms with van der Waals surface area (Å²) in [6.07, 6.45) is -0.148. The van der Waals surface area contributed by atoms with Gasteiger partial charge in [-0.2, -0.15) is 0 Å². The molecule has 0 heterocycles. The summed E-state index contributed by atoms with van der Waals surface area (Å²) in [5, 5.41) is 16.6. The minimum absolute atomic E-state index is 0.177. The Bertz CT molecular complexity index is 579. The second-order valence-electron chi connectivity index (χ2n) is 8.69. The minimum Gasteiger partial charge on any atom is -0.480 e. The van der Waals surface area contributed by atoms with Crippen molar-refractivity contribution in [1.82, 2.24) is 16.0 Å². The first-order valence-electron chi connectivity index (χ1n) is 9.60. The van der Waals surface area contributed by atoms with Crippen LogP contribution in [0.1, 0.15) is 67.7 Å². The Morgan fingerprint density at radius 1 is 0.862 bits per heavy atom. The van der Waals surface area contributed by atoms with Crippen LogP contribution in [0.3, 0.4) is 0 Å². The Morgan fingerprint density at radius 3 is 1.86 bits per heavy atom. The van der Waals surface area contributed by atoms with Crippen molar-refractivity contribution in [1.29, 1.82) is 0 Å². The fourth-order valence-corrected chi connectivity index (χ4v) is 2.08. The van der Waals surface area contributed by atoms with Crippen LogP contribution in [0.5, 0.6) is 0 Å². The number of hydrogen-bond donors (Lipinski definition) is 4. The molecule has 0 rings (SSSR count). The Hall–Kier alpha value is -2.52. The quantitative estimate of drug-likeness (QED) is 0.421. The zero-order valence-corrected chi connectivity index (χ0v) is 18.4. The molecule has 0 radical (unpaired) electrons. The lowest BCUT2D eigenvalue weighted by atomic mass is 10.1. The minimum atomic E-state index is -1.18. The zero-order valence-electron chi connectivity index (χ0n) is 18.4. The Labute approximate surface area is 172 Å². The number of carbonyl (C=O) groups is 4. The molecule has 29 heavy (non-hydrogen) atoms. The van der Waals surface area contributed by atoms with Crippen molar-refractivity contribution in [2.45, 2.75) is 91.0 Å². The van der Waals surface area contributed by atoms with Crippen LogP contribution < -0.4 is 16.0 Å². The molecule has 0 aliphatic carbocycles. The van der Waals surface area contributed by atoms with Crippen molar-refractivity contribution in [3.63, 3.8) is 0 Å². The molecule has 0 fully saturated rings. The lowest BCUT2D eigenvalue weighted by Gasteiger charge is -2.22. The van der Waals surface area contributed by atoms with E-state index >= 15 is 0 Å². The van der Waals surface area contributed by atoms with Crippen molar-refractivity contribution < 1.29 is 33.8 Å². The largest absolute Gasteiger partial charge is 0.480 e. The maximum absolute atomic E-state index is 12.2. The summed E-state index contributed by atoms with van der Waals surface area (Å²) in [5.74, 6) is -1.81. The molecule has 0 aromatic carbocycles. The Morgan fingerprint density at radius 2 is 1.38 bits per heavy atom. The zero-order chi connectivity index (χ0) is 22.8. The van der Waals surface area contributed by atoms with Gasteiger partial charge in [-0.25, -0.2) is 14.4 Å². The number of carboxylic acids is 1. The van der Waals surface area contributed by atoms with Crippen LogP contribution >= 0.6 is 0 Å². The molecule has 2 atom stereocenters. The third-order valence-electron chi connectivity index (χ3n) is 3.33. The first kappa shape index (κ1) is 26.5. The van der Waals surface area contributed by atoms with Crippen molar-refractivity contribution in [2.24, 2.45) is 0 Å². The number of ether oxygens (including phenoxy) is 2. The molecule has 0 aliphatic heterocycles. The van der Waals surface area contributed by atoms with Crippen molar-refractivity contribution in [2.75, 3.05) is 6.54 Å². The molecule has 168 valence electrons. The highest BCUT2D eigenvalue weighted by Crippen LogP contribution is 2.08. The van der Waals surface area contributed by atoms with Gasteiger partial charge in [0.25, 0.3) is 0 Å². The second-order valence-corrected chi connectivity index (χ2v) is 8.69. The average Bonchev–Trinajstić information content (AvgIpc) is 2.49. The summed E-state index contributed by atoms with van der Waals surface area (Å²) in [4.78, 5) is 46.8. The van der Waals surface area contributed by atoms with Gasteiger partial charge in [-0.1, -0.05) is 0 Å². The van der Waals surface area contributed by atoms with Gasteiger partial charge in [0, 0.05) is 6.54 Å². The topological polar surface area (TPSA) is 143 Å². The van der Waals surface area contributed by atoms with E-state index in [1.807, 2.05) is 0 Å². The molecule has 0 saturated carbocycles. The van der Waals surface area contributed by atoms with Crippen molar-refractivity contribution in [3.8, 4) is 0 Å². The highest BCUT2D eigenvalue weighted by molar-refractivity contribution is 5.88. The molecule has 4 N–H and O–H groups in total. The Balaban J connectivity index is 4.34. The molecule has 0 aromatic heterocycles. The first-order valence-corrected chi connectivity index (χ1v) is 9.60. The molecule has 0 aliphatic rings. The van der Waals surface area contributed by atoms with E-state index in [0.717, 1.165) is 0 Å². The monoisotopic (exact) mass is 417 g/mol. The maximum Gasteiger partial charge on any atom is 0.408 e. The molecule has 0 aromatic rings. The van der Waals surface area contributed by atoms with Crippen molar-refractivity contribution in [3.05, 3.63) is 0 Å². The van der Waals surface area contributed by atoms with Crippen molar-refractivity contribution >= 4 is 24.1 Å². The van der Waals surface area contributed by atoms with Crippen LogP contribution in [-0.4, -0.2) is 59.0 Å². The highest BCUT2D eigenvalue weighted by atomic mass is 16.6. The number of unbranched alkanes of at least 4 members (excludes halogenated alkanes) is 1. The van der Waals surface area contributed by atoms with Gasteiger partial charge in [-0.15, -0.1) is 0 Å². The number of carboxylic acid groups (broad SMARTS) is 1. The molecule has 3 amide bonds. The number of rotatable bonds is 9. The first-order chi connectivity index (χ1) is 13.1. The molecule has 1 unspecified atom stereocenters. The molecule has 0 saturated heterocycles. The standard InChI is InChI=1S/C19H35N3O7/c1-12(21-17(27)29-19(5,6)7)14(23)22-13(15(24)25)10-8-9-11-20-16(26)28-18(2,3)4/h12-13H,8-11H2,1-7H3,(H,20,26)(H,21,27)(H,22,23)(H,24,25)/t12-,13?/m0/s1. The molecular formula is C19H35N3O7. The highest BCUT2D eigenvalue weighted by Gasteiger charge is 2.25. The van der Waals surface area contributed by atoms with Gasteiger partial charge in [0.15, 0.2) is 0 Å². The van der Waals surface area contributed by atoms with E-state index < -0.39 is 47.3 Å². The van der Waals surface area contributed by atoms with Crippen LogP contribution in [0.25, 0.3) is 0 Å². The van der Waals surface area contributed by atoms with Crippen LogP contribution in [0.4, 0.5) is 9.59 Å². The molecule has 10 nitrogen and oxygen atoms in total. The summed E-state index contributed by atoms with van der Waals surface area (Å²) < 4.78 is 10.2. The van der Waals surface area contributed by atoms with E-state index in [4.69, 9.17) is 9.47 Å². The summed E-state index contributed by atoms with van der Waals surface area (Å²) in [6, 6.07) is -2.06. The normalized spacial score (nSPS) is 13.6. The average molecular weight is 418 g/mol. The van der Waals surface area contributed by atoms with E-state index in [0.29, 0.717) is 19.4 Å². The SMILES string of the molecule is C[C@H](NC(=O)OC(C)(C)C)C(=O)NC(CCCCNC(=O)OC(C)(C)C)C(=O)O. The van der Waals surface area contributed by atoms with Gasteiger partial charge in [0.1, 0.15) is 23.3 Å². The van der Waals surface area contributed by atoms with Gasteiger partial charge in [-0.05, 0) is 67.7 Å². The predicted molar refractivity (Wildman–Crippen MR) is 106 cm³/mol. The number of nitrogens with one attached hydrogen (secondary N) is 3. The molecule has 0 spiro atoms.